The Morgan fingerprint density at radius 2 is 2.00 bits per heavy atom. The van der Waals surface area contributed by atoms with Gasteiger partial charge in [-0.1, -0.05) is 19.1 Å². The minimum absolute atomic E-state index is 0. The molecule has 0 bridgehead atoms. The Morgan fingerprint density at radius 1 is 1.37 bits per heavy atom. The van der Waals surface area contributed by atoms with Gasteiger partial charge in [0.05, 0.1) is 11.6 Å². The molecular weight excluding hydrogens is 351 g/mol. The van der Waals surface area contributed by atoms with E-state index in [1.807, 2.05) is 24.3 Å². The van der Waals surface area contributed by atoms with Gasteiger partial charge in [-0.2, -0.15) is 5.26 Å². The maximum Gasteiger partial charge on any atom is 0.191 e. The van der Waals surface area contributed by atoms with Crippen molar-refractivity contribution in [3.63, 3.8) is 0 Å². The summed E-state index contributed by atoms with van der Waals surface area (Å²) in [5.74, 6) is 0.800. The van der Waals surface area contributed by atoms with Gasteiger partial charge in [0.1, 0.15) is 0 Å². The van der Waals surface area contributed by atoms with Crippen molar-refractivity contribution in [3.05, 3.63) is 35.4 Å². The number of nitrogens with one attached hydrogen (secondary N) is 2. The Labute approximate surface area is 132 Å². The predicted octanol–water partition coefficient (Wildman–Crippen LogP) is 2.64. The van der Waals surface area contributed by atoms with Gasteiger partial charge in [-0.3, -0.25) is 4.99 Å². The number of rotatable bonds is 4. The molecule has 0 saturated carbocycles. The van der Waals surface area contributed by atoms with Crippen molar-refractivity contribution in [1.82, 2.24) is 10.6 Å². The highest BCUT2D eigenvalue weighted by Crippen LogP contribution is 2.02. The molecule has 0 heterocycles. The number of hydrogen-bond donors (Lipinski definition) is 2. The molecule has 1 aromatic carbocycles. The number of guanidine groups is 1. The maximum absolute atomic E-state index is 8.72. The molecule has 1 aromatic rings. The van der Waals surface area contributed by atoms with Crippen LogP contribution in [0.15, 0.2) is 29.3 Å². The molecule has 0 aliphatic rings. The highest BCUT2D eigenvalue weighted by atomic mass is 127. The fourth-order valence-corrected chi connectivity index (χ4v) is 1.41. The van der Waals surface area contributed by atoms with Crippen LogP contribution in [-0.2, 0) is 6.54 Å². The summed E-state index contributed by atoms with van der Waals surface area (Å²) in [7, 11) is 1.76. The van der Waals surface area contributed by atoms with Crippen LogP contribution in [0.25, 0.3) is 0 Å². The van der Waals surface area contributed by atoms with E-state index in [-0.39, 0.29) is 24.0 Å². The summed E-state index contributed by atoms with van der Waals surface area (Å²) in [6.45, 7) is 4.95. The zero-order chi connectivity index (χ0) is 13.4. The molecule has 4 nitrogen and oxygen atoms in total. The van der Waals surface area contributed by atoms with Gasteiger partial charge in [-0.25, -0.2) is 0 Å². The molecule has 0 spiro atoms. The third-order valence-corrected chi connectivity index (χ3v) is 2.76. The first-order valence-electron chi connectivity index (χ1n) is 6.15. The largest absolute Gasteiger partial charge is 0.354 e. The second-order valence-corrected chi connectivity index (χ2v) is 4.19. The van der Waals surface area contributed by atoms with Gasteiger partial charge in [0.15, 0.2) is 5.96 Å². The normalized spacial score (nSPS) is 12.0. The van der Waals surface area contributed by atoms with Crippen molar-refractivity contribution in [2.75, 3.05) is 7.05 Å². The van der Waals surface area contributed by atoms with Gasteiger partial charge in [0, 0.05) is 19.6 Å². The molecule has 0 saturated heterocycles. The molecule has 0 radical (unpaired) electrons. The fourth-order valence-electron chi connectivity index (χ4n) is 1.41. The van der Waals surface area contributed by atoms with E-state index in [4.69, 9.17) is 5.26 Å². The Hall–Kier alpha value is -1.29. The molecule has 104 valence electrons. The number of benzene rings is 1. The average molecular weight is 372 g/mol. The summed E-state index contributed by atoms with van der Waals surface area (Å²) in [5.41, 5.74) is 1.81. The minimum Gasteiger partial charge on any atom is -0.354 e. The molecule has 0 aromatic heterocycles. The molecule has 0 fully saturated rings. The maximum atomic E-state index is 8.72. The van der Waals surface area contributed by atoms with Gasteiger partial charge in [-0.15, -0.1) is 24.0 Å². The molecule has 0 aliphatic carbocycles. The highest BCUT2D eigenvalue weighted by Gasteiger charge is 2.02. The SMILES string of the molecule is CCC(C)NC(=NC)NCc1ccc(C#N)cc1.I. The summed E-state index contributed by atoms with van der Waals surface area (Å²) in [6.07, 6.45) is 1.05. The van der Waals surface area contributed by atoms with Crippen molar-refractivity contribution in [2.45, 2.75) is 32.9 Å². The summed E-state index contributed by atoms with van der Waals surface area (Å²) in [5, 5.41) is 15.3. The van der Waals surface area contributed by atoms with Gasteiger partial charge >= 0.3 is 0 Å². The van der Waals surface area contributed by atoms with E-state index in [0.29, 0.717) is 18.2 Å². The zero-order valence-corrected chi connectivity index (χ0v) is 13.9. The molecular formula is C14H21IN4. The molecule has 19 heavy (non-hydrogen) atoms. The zero-order valence-electron chi connectivity index (χ0n) is 11.6. The van der Waals surface area contributed by atoms with E-state index in [1.54, 1.807) is 7.05 Å². The van der Waals surface area contributed by atoms with Crippen LogP contribution in [0.3, 0.4) is 0 Å². The summed E-state index contributed by atoms with van der Waals surface area (Å²) in [4.78, 5) is 4.17. The fraction of sp³-hybridized carbons (Fsp3) is 0.429. The lowest BCUT2D eigenvalue weighted by Gasteiger charge is -2.16. The summed E-state index contributed by atoms with van der Waals surface area (Å²) < 4.78 is 0. The first-order valence-corrected chi connectivity index (χ1v) is 6.15. The van der Waals surface area contributed by atoms with E-state index in [9.17, 15) is 0 Å². The van der Waals surface area contributed by atoms with Gasteiger partial charge in [-0.05, 0) is 31.0 Å². The minimum atomic E-state index is 0. The lowest BCUT2D eigenvalue weighted by atomic mass is 10.1. The van der Waals surface area contributed by atoms with Gasteiger partial charge in [0.2, 0.25) is 0 Å². The number of aliphatic imine (C=N–C) groups is 1. The van der Waals surface area contributed by atoms with Crippen LogP contribution in [0.4, 0.5) is 0 Å². The van der Waals surface area contributed by atoms with Crippen molar-refractivity contribution in [2.24, 2.45) is 4.99 Å². The van der Waals surface area contributed by atoms with Crippen LogP contribution in [0.1, 0.15) is 31.4 Å². The average Bonchev–Trinajstić information content (AvgIpc) is 2.43. The Morgan fingerprint density at radius 3 is 2.47 bits per heavy atom. The summed E-state index contributed by atoms with van der Waals surface area (Å²) >= 11 is 0. The summed E-state index contributed by atoms with van der Waals surface area (Å²) in [6, 6.07) is 10.0. The number of halogens is 1. The molecule has 1 rings (SSSR count). The van der Waals surface area contributed by atoms with Crippen molar-refractivity contribution < 1.29 is 0 Å². The Balaban J connectivity index is 0.00000324. The van der Waals surface area contributed by atoms with Crippen LogP contribution in [0, 0.1) is 11.3 Å². The van der Waals surface area contributed by atoms with Crippen molar-refractivity contribution >= 4 is 29.9 Å². The molecule has 0 amide bonds. The lowest BCUT2D eigenvalue weighted by molar-refractivity contribution is 0.624. The smallest absolute Gasteiger partial charge is 0.191 e. The quantitative estimate of drug-likeness (QED) is 0.485. The number of nitriles is 1. The Kier molecular flexibility index (Phi) is 8.96. The number of nitrogens with zero attached hydrogens (tertiary/aromatic N) is 2. The van der Waals surface area contributed by atoms with Crippen molar-refractivity contribution in [1.29, 1.82) is 5.26 Å². The second kappa shape index (κ2) is 9.62. The molecule has 1 atom stereocenters. The van der Waals surface area contributed by atoms with Crippen LogP contribution in [0.5, 0.6) is 0 Å². The van der Waals surface area contributed by atoms with Gasteiger partial charge < -0.3 is 10.6 Å². The van der Waals surface area contributed by atoms with Crippen LogP contribution < -0.4 is 10.6 Å². The van der Waals surface area contributed by atoms with E-state index in [1.165, 1.54) is 0 Å². The second-order valence-electron chi connectivity index (χ2n) is 4.19. The Bertz CT molecular complexity index is 434. The molecule has 5 heteroatoms. The first-order chi connectivity index (χ1) is 8.69. The molecule has 1 unspecified atom stereocenters. The third kappa shape index (κ3) is 6.43. The lowest BCUT2D eigenvalue weighted by Crippen LogP contribution is -2.41. The third-order valence-electron chi connectivity index (χ3n) is 2.76. The van der Waals surface area contributed by atoms with Crippen LogP contribution in [-0.4, -0.2) is 19.0 Å². The molecule has 0 aliphatic heterocycles. The predicted molar refractivity (Wildman–Crippen MR) is 89.7 cm³/mol. The van der Waals surface area contributed by atoms with Crippen LogP contribution in [0.2, 0.25) is 0 Å². The standard InChI is InChI=1S/C14H20N4.HI/c1-4-11(2)18-14(16-3)17-10-13-7-5-12(9-15)6-8-13;/h5-8,11H,4,10H2,1-3H3,(H2,16,17,18);1H. The topological polar surface area (TPSA) is 60.2 Å². The van der Waals surface area contributed by atoms with Crippen LogP contribution >= 0.6 is 24.0 Å². The van der Waals surface area contributed by atoms with E-state index >= 15 is 0 Å². The van der Waals surface area contributed by atoms with E-state index in [2.05, 4.69) is 35.5 Å². The highest BCUT2D eigenvalue weighted by molar-refractivity contribution is 14.0. The number of hydrogen-bond acceptors (Lipinski definition) is 2. The monoisotopic (exact) mass is 372 g/mol. The van der Waals surface area contributed by atoms with Gasteiger partial charge in [0.25, 0.3) is 0 Å². The van der Waals surface area contributed by atoms with E-state index in [0.717, 1.165) is 17.9 Å². The van der Waals surface area contributed by atoms with E-state index < -0.39 is 0 Å². The van der Waals surface area contributed by atoms with Crippen molar-refractivity contribution in [3.8, 4) is 6.07 Å². The molecule has 2 N–H and O–H groups in total. The first kappa shape index (κ1) is 17.7.